The summed E-state index contributed by atoms with van der Waals surface area (Å²) in [5, 5.41) is 10.1. The van der Waals surface area contributed by atoms with E-state index in [-0.39, 0.29) is 12.6 Å². The monoisotopic (exact) mass is 335 g/mol. The first-order valence-corrected chi connectivity index (χ1v) is 8.31. The summed E-state index contributed by atoms with van der Waals surface area (Å²) >= 11 is 6.27. The predicted octanol–water partition coefficient (Wildman–Crippen LogP) is 2.71. The van der Waals surface area contributed by atoms with Gasteiger partial charge in [0.25, 0.3) is 0 Å². The Kier molecular flexibility index (Phi) is 5.20. The number of pyridine rings is 1. The van der Waals surface area contributed by atoms with Crippen molar-refractivity contribution in [3.63, 3.8) is 0 Å². The number of aliphatic hydroxyl groups excluding tert-OH is 1. The SMILES string of the molecule is Cc1ccc(CN2CCN(c3ncccc3Cl)C[C@@H]2CCO)o1. The first kappa shape index (κ1) is 16.3. The van der Waals surface area contributed by atoms with Crippen molar-refractivity contribution in [2.45, 2.75) is 25.9 Å². The third kappa shape index (κ3) is 3.86. The van der Waals surface area contributed by atoms with Crippen molar-refractivity contribution in [1.29, 1.82) is 0 Å². The van der Waals surface area contributed by atoms with Crippen LogP contribution >= 0.6 is 11.6 Å². The highest BCUT2D eigenvalue weighted by Crippen LogP contribution is 2.26. The normalized spacial score (nSPS) is 19.3. The third-order valence-electron chi connectivity index (χ3n) is 4.26. The number of piperazine rings is 1. The van der Waals surface area contributed by atoms with Gasteiger partial charge in [-0.3, -0.25) is 4.90 Å². The van der Waals surface area contributed by atoms with Gasteiger partial charge in [0.15, 0.2) is 0 Å². The van der Waals surface area contributed by atoms with E-state index >= 15 is 0 Å². The molecule has 23 heavy (non-hydrogen) atoms. The van der Waals surface area contributed by atoms with Gasteiger partial charge in [-0.1, -0.05) is 11.6 Å². The summed E-state index contributed by atoms with van der Waals surface area (Å²) in [6, 6.07) is 7.96. The smallest absolute Gasteiger partial charge is 0.147 e. The van der Waals surface area contributed by atoms with Crippen LogP contribution in [0.3, 0.4) is 0 Å². The molecule has 0 aliphatic carbocycles. The van der Waals surface area contributed by atoms with Crippen LogP contribution in [-0.2, 0) is 6.54 Å². The van der Waals surface area contributed by atoms with Crippen LogP contribution in [0, 0.1) is 6.92 Å². The van der Waals surface area contributed by atoms with Gasteiger partial charge in [-0.2, -0.15) is 0 Å². The van der Waals surface area contributed by atoms with E-state index in [1.165, 1.54) is 0 Å². The second-order valence-corrected chi connectivity index (χ2v) is 6.31. The summed E-state index contributed by atoms with van der Waals surface area (Å²) < 4.78 is 5.69. The van der Waals surface area contributed by atoms with Crippen molar-refractivity contribution < 1.29 is 9.52 Å². The number of hydrogen-bond acceptors (Lipinski definition) is 5. The molecule has 3 rings (SSSR count). The van der Waals surface area contributed by atoms with E-state index < -0.39 is 0 Å². The number of furan rings is 1. The largest absolute Gasteiger partial charge is 0.465 e. The van der Waals surface area contributed by atoms with Gasteiger partial charge in [0.2, 0.25) is 0 Å². The highest BCUT2D eigenvalue weighted by molar-refractivity contribution is 6.32. The summed E-state index contributed by atoms with van der Waals surface area (Å²) in [4.78, 5) is 8.97. The molecule has 0 bridgehead atoms. The number of aryl methyl sites for hydroxylation is 1. The molecule has 124 valence electrons. The molecule has 0 aromatic carbocycles. The van der Waals surface area contributed by atoms with E-state index in [0.717, 1.165) is 49.9 Å². The van der Waals surface area contributed by atoms with Crippen molar-refractivity contribution in [1.82, 2.24) is 9.88 Å². The fourth-order valence-corrected chi connectivity index (χ4v) is 3.34. The average Bonchev–Trinajstić information content (AvgIpc) is 2.95. The van der Waals surface area contributed by atoms with Crippen LogP contribution in [0.5, 0.6) is 0 Å². The van der Waals surface area contributed by atoms with E-state index in [1.54, 1.807) is 6.20 Å². The number of halogens is 1. The molecule has 1 aliphatic heterocycles. The second-order valence-electron chi connectivity index (χ2n) is 5.90. The first-order valence-electron chi connectivity index (χ1n) is 7.93. The molecule has 0 saturated carbocycles. The summed E-state index contributed by atoms with van der Waals surface area (Å²) in [5.74, 6) is 2.72. The molecule has 0 amide bonds. The van der Waals surface area contributed by atoms with E-state index in [1.807, 2.05) is 31.2 Å². The Labute approximate surface area is 141 Å². The number of hydrogen-bond donors (Lipinski definition) is 1. The minimum atomic E-state index is 0.169. The van der Waals surface area contributed by atoms with Gasteiger partial charge in [-0.15, -0.1) is 0 Å². The third-order valence-corrected chi connectivity index (χ3v) is 4.56. The van der Waals surface area contributed by atoms with Gasteiger partial charge < -0.3 is 14.4 Å². The topological polar surface area (TPSA) is 52.7 Å². The zero-order chi connectivity index (χ0) is 16.2. The minimum Gasteiger partial charge on any atom is -0.465 e. The Hall–Kier alpha value is -1.56. The summed E-state index contributed by atoms with van der Waals surface area (Å²) in [6.07, 6.45) is 2.49. The van der Waals surface area contributed by atoms with Crippen LogP contribution in [0.4, 0.5) is 5.82 Å². The maximum Gasteiger partial charge on any atom is 0.147 e. The van der Waals surface area contributed by atoms with E-state index in [4.69, 9.17) is 16.0 Å². The average molecular weight is 336 g/mol. The Morgan fingerprint density at radius 2 is 2.22 bits per heavy atom. The zero-order valence-corrected chi connectivity index (χ0v) is 14.0. The maximum absolute atomic E-state index is 9.41. The lowest BCUT2D eigenvalue weighted by atomic mass is 10.1. The number of aliphatic hydroxyl groups is 1. The number of anilines is 1. The predicted molar refractivity (Wildman–Crippen MR) is 90.8 cm³/mol. The second kappa shape index (κ2) is 7.34. The summed E-state index contributed by atoms with van der Waals surface area (Å²) in [7, 11) is 0. The quantitative estimate of drug-likeness (QED) is 0.910. The van der Waals surface area contributed by atoms with Gasteiger partial charge in [0.05, 0.1) is 11.6 Å². The number of aromatic nitrogens is 1. The van der Waals surface area contributed by atoms with E-state index in [9.17, 15) is 5.11 Å². The molecule has 2 aromatic rings. The standard InChI is InChI=1S/C17H22ClN3O2/c1-13-4-5-15(23-13)12-20-8-9-21(11-14(20)6-10-22)17-16(18)3-2-7-19-17/h2-5,7,14,22H,6,8-12H2,1H3/t14-/m0/s1. The molecule has 0 spiro atoms. The molecule has 1 N–H and O–H groups in total. The molecular weight excluding hydrogens is 314 g/mol. The Morgan fingerprint density at radius 1 is 1.35 bits per heavy atom. The minimum absolute atomic E-state index is 0.169. The summed E-state index contributed by atoms with van der Waals surface area (Å²) in [6.45, 7) is 5.44. The van der Waals surface area contributed by atoms with Crippen LogP contribution in [0.2, 0.25) is 5.02 Å². The Morgan fingerprint density at radius 3 is 2.91 bits per heavy atom. The van der Waals surface area contributed by atoms with E-state index in [0.29, 0.717) is 5.02 Å². The Bertz CT molecular complexity index is 646. The molecule has 3 heterocycles. The molecule has 1 fully saturated rings. The van der Waals surface area contributed by atoms with Gasteiger partial charge in [0, 0.05) is 38.5 Å². The summed E-state index contributed by atoms with van der Waals surface area (Å²) in [5.41, 5.74) is 0. The van der Waals surface area contributed by atoms with Crippen molar-refractivity contribution in [3.8, 4) is 0 Å². The van der Waals surface area contributed by atoms with Gasteiger partial charge in [0.1, 0.15) is 17.3 Å². The zero-order valence-electron chi connectivity index (χ0n) is 13.3. The lowest BCUT2D eigenvalue weighted by Gasteiger charge is -2.41. The Balaban J connectivity index is 1.71. The molecule has 6 heteroatoms. The van der Waals surface area contributed by atoms with Gasteiger partial charge in [-0.25, -0.2) is 4.98 Å². The van der Waals surface area contributed by atoms with Crippen LogP contribution in [0.25, 0.3) is 0 Å². The fourth-order valence-electron chi connectivity index (χ4n) is 3.10. The van der Waals surface area contributed by atoms with Crippen molar-refractivity contribution in [2.24, 2.45) is 0 Å². The molecule has 5 nitrogen and oxygen atoms in total. The molecule has 1 atom stereocenters. The highest BCUT2D eigenvalue weighted by atomic mass is 35.5. The van der Waals surface area contributed by atoms with E-state index in [2.05, 4.69) is 14.8 Å². The van der Waals surface area contributed by atoms with Gasteiger partial charge in [-0.05, 0) is 37.6 Å². The van der Waals surface area contributed by atoms with Gasteiger partial charge >= 0.3 is 0 Å². The number of rotatable bonds is 5. The maximum atomic E-state index is 9.41. The molecule has 2 aromatic heterocycles. The lowest BCUT2D eigenvalue weighted by molar-refractivity contribution is 0.126. The molecular formula is C17H22ClN3O2. The number of nitrogens with zero attached hydrogens (tertiary/aromatic N) is 3. The molecule has 1 aliphatic rings. The van der Waals surface area contributed by atoms with Crippen LogP contribution < -0.4 is 4.90 Å². The lowest BCUT2D eigenvalue weighted by Crippen LogP contribution is -2.53. The van der Waals surface area contributed by atoms with Crippen molar-refractivity contribution in [2.75, 3.05) is 31.1 Å². The molecule has 0 radical (unpaired) electrons. The molecule has 1 saturated heterocycles. The highest BCUT2D eigenvalue weighted by Gasteiger charge is 2.28. The van der Waals surface area contributed by atoms with Crippen molar-refractivity contribution >= 4 is 17.4 Å². The fraction of sp³-hybridized carbons (Fsp3) is 0.471. The van der Waals surface area contributed by atoms with Crippen LogP contribution in [0.1, 0.15) is 17.9 Å². The van der Waals surface area contributed by atoms with Crippen LogP contribution in [0.15, 0.2) is 34.9 Å². The van der Waals surface area contributed by atoms with Crippen molar-refractivity contribution in [3.05, 3.63) is 47.0 Å². The van der Waals surface area contributed by atoms with Crippen LogP contribution in [-0.4, -0.2) is 47.3 Å². The first-order chi connectivity index (χ1) is 11.2. The molecule has 0 unspecified atom stereocenters.